The Balaban J connectivity index is 2.73. The number of hydrogen-bond acceptors (Lipinski definition) is 4. The molecule has 4 nitrogen and oxygen atoms in total. The van der Waals surface area contributed by atoms with E-state index >= 15 is 0 Å². The van der Waals surface area contributed by atoms with E-state index in [0.717, 1.165) is 0 Å². The quantitative estimate of drug-likeness (QED) is 0.832. The van der Waals surface area contributed by atoms with Gasteiger partial charge in [0.2, 0.25) is 5.88 Å². The summed E-state index contributed by atoms with van der Waals surface area (Å²) < 4.78 is 40.0. The Morgan fingerprint density at radius 3 is 2.60 bits per heavy atom. The Morgan fingerprint density at radius 2 is 2.07 bits per heavy atom. The van der Waals surface area contributed by atoms with Gasteiger partial charge in [-0.2, -0.15) is 18.2 Å². The maximum atomic E-state index is 11.8. The van der Waals surface area contributed by atoms with Crippen molar-refractivity contribution in [3.05, 3.63) is 17.6 Å². The van der Waals surface area contributed by atoms with Crippen molar-refractivity contribution in [2.75, 3.05) is 6.61 Å². The van der Waals surface area contributed by atoms with Crippen LogP contribution < -0.4 is 10.5 Å². The van der Waals surface area contributed by atoms with Crippen LogP contribution in [0.5, 0.6) is 5.88 Å². The highest BCUT2D eigenvalue weighted by atomic mass is 19.4. The van der Waals surface area contributed by atoms with Crippen LogP contribution in [0.15, 0.2) is 6.07 Å². The number of rotatable bonds is 3. The van der Waals surface area contributed by atoms with Crippen LogP contribution in [-0.2, 0) is 6.54 Å². The first-order chi connectivity index (χ1) is 6.90. The molecule has 0 radical (unpaired) electrons. The van der Waals surface area contributed by atoms with Gasteiger partial charge in [0.05, 0.1) is 5.69 Å². The first-order valence-corrected chi connectivity index (χ1v) is 4.15. The van der Waals surface area contributed by atoms with Gasteiger partial charge in [-0.15, -0.1) is 0 Å². The number of alkyl halides is 3. The lowest BCUT2D eigenvalue weighted by Gasteiger charge is -2.09. The molecule has 0 bridgehead atoms. The average molecular weight is 221 g/mol. The molecule has 0 atom stereocenters. The molecule has 15 heavy (non-hydrogen) atoms. The van der Waals surface area contributed by atoms with E-state index in [0.29, 0.717) is 11.5 Å². The van der Waals surface area contributed by atoms with Crippen molar-refractivity contribution >= 4 is 0 Å². The molecule has 0 saturated heterocycles. The number of aryl methyl sites for hydroxylation is 1. The van der Waals surface area contributed by atoms with Gasteiger partial charge in [0, 0.05) is 12.6 Å². The molecule has 1 rings (SSSR count). The molecule has 0 aliphatic rings. The van der Waals surface area contributed by atoms with Gasteiger partial charge in [0.15, 0.2) is 6.61 Å². The van der Waals surface area contributed by atoms with Crippen molar-refractivity contribution in [1.82, 2.24) is 9.97 Å². The van der Waals surface area contributed by atoms with Gasteiger partial charge in [0.25, 0.3) is 0 Å². The molecule has 1 aromatic rings. The second-order valence-electron chi connectivity index (χ2n) is 2.85. The Kier molecular flexibility index (Phi) is 3.46. The third kappa shape index (κ3) is 4.11. The van der Waals surface area contributed by atoms with Crippen molar-refractivity contribution in [3.63, 3.8) is 0 Å². The van der Waals surface area contributed by atoms with Crippen molar-refractivity contribution in [2.24, 2.45) is 5.73 Å². The summed E-state index contributed by atoms with van der Waals surface area (Å²) in [6.45, 7) is 0.318. The van der Waals surface area contributed by atoms with Crippen LogP contribution in [0.4, 0.5) is 13.2 Å². The van der Waals surface area contributed by atoms with Crippen LogP contribution in [0.3, 0.4) is 0 Å². The van der Waals surface area contributed by atoms with E-state index in [2.05, 4.69) is 14.7 Å². The molecular formula is C8H10F3N3O. The fourth-order valence-electron chi connectivity index (χ4n) is 0.934. The van der Waals surface area contributed by atoms with E-state index in [9.17, 15) is 13.2 Å². The number of nitrogens with two attached hydrogens (primary N) is 1. The Bertz CT molecular complexity index is 340. The molecule has 0 spiro atoms. The fraction of sp³-hybridized carbons (Fsp3) is 0.500. The molecular weight excluding hydrogens is 211 g/mol. The normalized spacial score (nSPS) is 11.5. The summed E-state index contributed by atoms with van der Waals surface area (Å²) >= 11 is 0. The van der Waals surface area contributed by atoms with E-state index in [-0.39, 0.29) is 12.4 Å². The molecule has 0 aromatic carbocycles. The van der Waals surface area contributed by atoms with Gasteiger partial charge in [-0.05, 0) is 6.92 Å². The van der Waals surface area contributed by atoms with E-state index in [1.54, 1.807) is 6.92 Å². The number of ether oxygens (including phenoxy) is 1. The maximum Gasteiger partial charge on any atom is 0.422 e. The summed E-state index contributed by atoms with van der Waals surface area (Å²) in [4.78, 5) is 7.60. The predicted octanol–water partition coefficient (Wildman–Crippen LogP) is 1.18. The second kappa shape index (κ2) is 4.43. The first-order valence-electron chi connectivity index (χ1n) is 4.15. The molecule has 0 unspecified atom stereocenters. The maximum absolute atomic E-state index is 11.8. The standard InChI is InChI=1S/C8H10F3N3O/c1-5-13-6(3-12)2-7(14-5)15-4-8(9,10)11/h2H,3-4,12H2,1H3. The van der Waals surface area contributed by atoms with Crippen molar-refractivity contribution in [3.8, 4) is 5.88 Å². The smallest absolute Gasteiger partial charge is 0.422 e. The van der Waals surface area contributed by atoms with Gasteiger partial charge >= 0.3 is 6.18 Å². The minimum atomic E-state index is -4.37. The largest absolute Gasteiger partial charge is 0.468 e. The SMILES string of the molecule is Cc1nc(CN)cc(OCC(F)(F)F)n1. The van der Waals surface area contributed by atoms with Crippen LogP contribution >= 0.6 is 0 Å². The third-order valence-electron chi connectivity index (χ3n) is 1.46. The fourth-order valence-corrected chi connectivity index (χ4v) is 0.934. The van der Waals surface area contributed by atoms with Gasteiger partial charge in [-0.1, -0.05) is 0 Å². The van der Waals surface area contributed by atoms with Crippen LogP contribution in [0.25, 0.3) is 0 Å². The Hall–Kier alpha value is -1.37. The molecule has 0 amide bonds. The molecule has 0 fully saturated rings. The summed E-state index contributed by atoms with van der Waals surface area (Å²) in [5, 5.41) is 0. The van der Waals surface area contributed by atoms with E-state index in [1.165, 1.54) is 6.07 Å². The summed E-state index contributed by atoms with van der Waals surface area (Å²) in [6.07, 6.45) is -4.37. The van der Waals surface area contributed by atoms with Gasteiger partial charge in [0.1, 0.15) is 5.82 Å². The van der Waals surface area contributed by atoms with Crippen molar-refractivity contribution in [2.45, 2.75) is 19.6 Å². The molecule has 0 aliphatic carbocycles. The summed E-state index contributed by atoms with van der Waals surface area (Å²) in [5.74, 6) is 0.218. The lowest BCUT2D eigenvalue weighted by atomic mass is 10.4. The van der Waals surface area contributed by atoms with E-state index in [4.69, 9.17) is 5.73 Å². The zero-order valence-electron chi connectivity index (χ0n) is 8.01. The van der Waals surface area contributed by atoms with Crippen LogP contribution in [0.1, 0.15) is 11.5 Å². The molecule has 1 aromatic heterocycles. The third-order valence-corrected chi connectivity index (χ3v) is 1.46. The minimum Gasteiger partial charge on any atom is -0.468 e. The molecule has 2 N–H and O–H groups in total. The Morgan fingerprint density at radius 1 is 1.40 bits per heavy atom. The number of halogens is 3. The molecule has 0 saturated carbocycles. The van der Waals surface area contributed by atoms with Gasteiger partial charge < -0.3 is 10.5 Å². The van der Waals surface area contributed by atoms with Crippen molar-refractivity contribution < 1.29 is 17.9 Å². The summed E-state index contributed by atoms with van der Waals surface area (Å²) in [6, 6.07) is 1.29. The lowest BCUT2D eigenvalue weighted by molar-refractivity contribution is -0.154. The second-order valence-corrected chi connectivity index (χ2v) is 2.85. The van der Waals surface area contributed by atoms with Crippen molar-refractivity contribution in [1.29, 1.82) is 0 Å². The zero-order valence-corrected chi connectivity index (χ0v) is 8.01. The number of nitrogens with zero attached hydrogens (tertiary/aromatic N) is 2. The van der Waals surface area contributed by atoms with E-state index in [1.807, 2.05) is 0 Å². The highest BCUT2D eigenvalue weighted by molar-refractivity contribution is 5.15. The van der Waals surface area contributed by atoms with Crippen LogP contribution in [0.2, 0.25) is 0 Å². The topological polar surface area (TPSA) is 61.0 Å². The monoisotopic (exact) mass is 221 g/mol. The first kappa shape index (κ1) is 11.7. The average Bonchev–Trinajstić information content (AvgIpc) is 2.13. The van der Waals surface area contributed by atoms with Crippen LogP contribution in [0, 0.1) is 6.92 Å². The predicted molar refractivity (Wildman–Crippen MR) is 46.2 cm³/mol. The lowest BCUT2D eigenvalue weighted by Crippen LogP contribution is -2.20. The highest BCUT2D eigenvalue weighted by Gasteiger charge is 2.28. The number of hydrogen-bond donors (Lipinski definition) is 1. The molecule has 84 valence electrons. The van der Waals surface area contributed by atoms with E-state index < -0.39 is 12.8 Å². The minimum absolute atomic E-state index is 0.111. The highest BCUT2D eigenvalue weighted by Crippen LogP contribution is 2.17. The summed E-state index contributed by atoms with van der Waals surface area (Å²) in [5.41, 5.74) is 5.75. The summed E-state index contributed by atoms with van der Waals surface area (Å²) in [7, 11) is 0. The molecule has 7 heteroatoms. The molecule has 0 aliphatic heterocycles. The van der Waals surface area contributed by atoms with Gasteiger partial charge in [-0.25, -0.2) is 4.98 Å². The Labute approximate surface area is 84.3 Å². The van der Waals surface area contributed by atoms with Crippen LogP contribution in [-0.4, -0.2) is 22.8 Å². The number of aromatic nitrogens is 2. The van der Waals surface area contributed by atoms with Gasteiger partial charge in [-0.3, -0.25) is 0 Å². The molecule has 1 heterocycles. The zero-order chi connectivity index (χ0) is 11.5.